The second-order valence-corrected chi connectivity index (χ2v) is 19.2. The maximum absolute atomic E-state index is 10.4. The molecule has 1 atom stereocenters. The van der Waals surface area contributed by atoms with Crippen LogP contribution in [-0.2, 0) is 4.74 Å². The first-order valence-corrected chi connectivity index (χ1v) is 20.2. The van der Waals surface area contributed by atoms with Crippen LogP contribution in [-0.4, -0.2) is 50.0 Å². The molecule has 1 unspecified atom stereocenters. The van der Waals surface area contributed by atoms with Gasteiger partial charge in [0.1, 0.15) is 0 Å². The van der Waals surface area contributed by atoms with Gasteiger partial charge in [-0.25, -0.2) is 0 Å². The minimum atomic E-state index is -3.67. The van der Waals surface area contributed by atoms with Crippen molar-refractivity contribution in [1.82, 2.24) is 9.78 Å². The number of nitro groups is 1. The summed E-state index contributed by atoms with van der Waals surface area (Å²) in [6.45, 7) is 17.1. The van der Waals surface area contributed by atoms with E-state index in [1.165, 1.54) is 43.7 Å². The van der Waals surface area contributed by atoms with E-state index in [9.17, 15) is 23.1 Å². The average Bonchev–Trinajstić information content (AvgIpc) is 3.43. The Balaban J connectivity index is 0.000000368. The Morgan fingerprint density at radius 3 is 2.08 bits per heavy atom. The molecule has 1 saturated heterocycles. The number of hydrogen-bond donors (Lipinski definition) is 0. The first-order valence-electron chi connectivity index (χ1n) is 15.2. The van der Waals surface area contributed by atoms with Crippen LogP contribution in [0.1, 0.15) is 72.7 Å². The van der Waals surface area contributed by atoms with Gasteiger partial charge in [0.25, 0.3) is 5.69 Å². The van der Waals surface area contributed by atoms with Crippen LogP contribution in [0, 0.1) is 51.7 Å². The van der Waals surface area contributed by atoms with Crippen molar-refractivity contribution in [2.24, 2.45) is 0 Å². The van der Waals surface area contributed by atoms with E-state index in [0.717, 1.165) is 49.0 Å². The van der Waals surface area contributed by atoms with Crippen molar-refractivity contribution in [3.05, 3.63) is 93.5 Å². The van der Waals surface area contributed by atoms with Crippen molar-refractivity contribution in [2.45, 2.75) is 84.8 Å². The van der Waals surface area contributed by atoms with E-state index < -0.39 is 33.6 Å². The number of aryl methyl sites for hydroxylation is 5. The summed E-state index contributed by atoms with van der Waals surface area (Å²) in [5, 5.41) is 18.7. The number of hydrogen-bond acceptors (Lipinski definition) is 4. The zero-order valence-corrected chi connectivity index (χ0v) is 35.2. The molecule has 0 bridgehead atoms. The predicted molar refractivity (Wildman–Crippen MR) is 199 cm³/mol. The molecule has 1 fully saturated rings. The number of benzene rings is 3. The van der Waals surface area contributed by atoms with Crippen molar-refractivity contribution >= 4 is 99.6 Å². The number of halogens is 8. The monoisotopic (exact) mass is 916 g/mol. The Hall–Kier alpha value is -1.58. The fourth-order valence-corrected chi connectivity index (χ4v) is 9.97. The summed E-state index contributed by atoms with van der Waals surface area (Å²) in [6, 6.07) is 7.36. The van der Waals surface area contributed by atoms with E-state index >= 15 is 0 Å². The second-order valence-electron chi connectivity index (χ2n) is 11.7. The number of aromatic nitrogens is 2. The van der Waals surface area contributed by atoms with Gasteiger partial charge in [-0.05, 0) is 78.9 Å². The Morgan fingerprint density at radius 2 is 1.55 bits per heavy atom. The van der Waals surface area contributed by atoms with Gasteiger partial charge in [0.15, 0.2) is 0 Å². The van der Waals surface area contributed by atoms with Crippen LogP contribution in [0.5, 0.6) is 0 Å². The van der Waals surface area contributed by atoms with Crippen molar-refractivity contribution in [1.29, 1.82) is 0 Å². The molecule has 2 radical (unpaired) electrons. The fourth-order valence-electron chi connectivity index (χ4n) is 4.84. The molecule has 0 saturated carbocycles. The zero-order chi connectivity index (χ0) is 36.5. The van der Waals surface area contributed by atoms with Crippen LogP contribution in [0.4, 0.5) is 18.6 Å². The van der Waals surface area contributed by atoms with Crippen molar-refractivity contribution in [3.63, 3.8) is 0 Å². The van der Waals surface area contributed by atoms with Crippen LogP contribution in [0.15, 0.2) is 34.9 Å². The third kappa shape index (κ3) is 13.2. The molecule has 268 valence electrons. The normalized spacial score (nSPS) is 13.7. The molecule has 0 amide bonds. The standard InChI is InChI=1S/C13H14ClN2O.C9H10BrCl.C8H8ClNO2.C3H7.BF3.FH.Sn/c1-9-6-12-10(7-11(9)14)8-15-16(12)13-4-2-3-5-17-13;1-5-4-6(2)9(11)8(10)7(5)3;1-5-4-8(10(11)12)6(2)3-7(5)9;1-3-2;2-1(3)4;;/h6,8,13H,2-5H2,1H3;4H,1-3H3;3-4H,1-2H3;3H,1-2H3;;1H;/p-1. The van der Waals surface area contributed by atoms with E-state index in [2.05, 4.69) is 72.5 Å². The minimum Gasteiger partial charge on any atom is -1.00 e. The van der Waals surface area contributed by atoms with Gasteiger partial charge in [0.05, 0.1) is 9.95 Å². The largest absolute Gasteiger partial charge is 1.00 e. The Morgan fingerprint density at radius 1 is 0.959 bits per heavy atom. The van der Waals surface area contributed by atoms with E-state index in [0.29, 0.717) is 10.6 Å². The van der Waals surface area contributed by atoms with Gasteiger partial charge in [-0.3, -0.25) is 23.1 Å². The van der Waals surface area contributed by atoms with Crippen LogP contribution < -0.4 is 8.28 Å². The number of rotatable bonds is 4. The Labute approximate surface area is 319 Å². The second kappa shape index (κ2) is 21.1. The molecule has 6 nitrogen and oxygen atoms in total. The first kappa shape index (κ1) is 45.4. The SMILES string of the molecule is Cc1cc(C)c(Cl)c(Br)c1C.Cc1cc([N+](=O)[O-])c(C)cc1Cl.Cc1cc2c(cnn2C2CCCCO2)[c]([Sn][CH](C)C)c1Cl.FB(F)F.[F-]. The van der Waals surface area contributed by atoms with E-state index in [4.69, 9.17) is 39.5 Å². The van der Waals surface area contributed by atoms with Crippen LogP contribution in [0.25, 0.3) is 10.9 Å². The number of nitrogens with zero attached hydrogens (tertiary/aromatic N) is 3. The number of ether oxygens (including phenoxy) is 1. The molecule has 0 spiro atoms. The van der Waals surface area contributed by atoms with E-state index in [-0.39, 0.29) is 16.6 Å². The molecular weight excluding hydrogens is 878 g/mol. The molecule has 5 rings (SSSR count). The summed E-state index contributed by atoms with van der Waals surface area (Å²) in [4.78, 5) is 10.0. The summed E-state index contributed by atoms with van der Waals surface area (Å²) in [7, 11) is -3.67. The summed E-state index contributed by atoms with van der Waals surface area (Å²) < 4.78 is 40.1. The van der Waals surface area contributed by atoms with E-state index in [1.807, 2.05) is 13.1 Å². The van der Waals surface area contributed by atoms with Crippen molar-refractivity contribution in [3.8, 4) is 0 Å². The maximum Gasteiger partial charge on any atom is 0.762 e. The van der Waals surface area contributed by atoms with Crippen LogP contribution in [0.2, 0.25) is 19.0 Å². The van der Waals surface area contributed by atoms with Gasteiger partial charge in [-0.1, -0.05) is 29.3 Å². The van der Waals surface area contributed by atoms with E-state index in [1.54, 1.807) is 19.9 Å². The van der Waals surface area contributed by atoms with Gasteiger partial charge in [-0.15, -0.1) is 0 Å². The van der Waals surface area contributed by atoms with Gasteiger partial charge in [-0.2, -0.15) is 0 Å². The maximum atomic E-state index is 10.4. The summed E-state index contributed by atoms with van der Waals surface area (Å²) in [5.74, 6) is 0. The van der Waals surface area contributed by atoms with Gasteiger partial charge >= 0.3 is 149 Å². The average molecular weight is 917 g/mol. The molecule has 1 aliphatic heterocycles. The summed E-state index contributed by atoms with van der Waals surface area (Å²) >= 11 is 21.1. The smallest absolute Gasteiger partial charge is 0.762 e. The zero-order valence-electron chi connectivity index (χ0n) is 28.5. The van der Waals surface area contributed by atoms with Crippen LogP contribution in [0.3, 0.4) is 0 Å². The molecule has 3 aromatic carbocycles. The van der Waals surface area contributed by atoms with Crippen molar-refractivity contribution < 1.29 is 27.3 Å². The van der Waals surface area contributed by atoms with Gasteiger partial charge in [0.2, 0.25) is 0 Å². The third-order valence-corrected chi connectivity index (χ3v) is 14.5. The molecule has 2 heterocycles. The number of nitro benzene ring substituents is 1. The molecule has 1 aromatic heterocycles. The molecular formula is C33H39BBrCl3F4N3O3Sn-. The van der Waals surface area contributed by atoms with Crippen LogP contribution >= 0.6 is 50.7 Å². The Bertz CT molecular complexity index is 1700. The molecule has 1 aliphatic rings. The molecule has 4 aromatic rings. The molecule has 0 N–H and O–H groups in total. The molecule has 16 heteroatoms. The summed E-state index contributed by atoms with van der Waals surface area (Å²) in [6.07, 6.45) is 5.52. The van der Waals surface area contributed by atoms with Crippen molar-refractivity contribution in [2.75, 3.05) is 6.61 Å². The van der Waals surface area contributed by atoms with Gasteiger partial charge < -0.3 is 4.70 Å². The minimum absolute atomic E-state index is 0. The molecule has 49 heavy (non-hydrogen) atoms. The Kier molecular flexibility index (Phi) is 19.5. The predicted octanol–water partition coefficient (Wildman–Crippen LogP) is 8.63. The fraction of sp³-hybridized carbons (Fsp3) is 0.424. The van der Waals surface area contributed by atoms with Gasteiger partial charge in [0, 0.05) is 21.1 Å². The molecule has 0 aliphatic carbocycles. The third-order valence-electron chi connectivity index (χ3n) is 7.45. The quantitative estimate of drug-likeness (QED) is 0.0891. The topological polar surface area (TPSA) is 70.2 Å². The first-order chi connectivity index (χ1) is 22.4. The number of fused-ring (bicyclic) bond motifs is 1. The summed E-state index contributed by atoms with van der Waals surface area (Å²) in [5.41, 5.74) is 7.43.